The second-order valence-corrected chi connectivity index (χ2v) is 12.8. The maximum absolute atomic E-state index is 16.9. The number of nitrogens with two attached hydrogens (primary N) is 1. The first-order valence-electron chi connectivity index (χ1n) is 15.6. The van der Waals surface area contributed by atoms with E-state index in [4.69, 9.17) is 21.9 Å². The van der Waals surface area contributed by atoms with Crippen LogP contribution in [-0.4, -0.2) is 65.3 Å². The summed E-state index contributed by atoms with van der Waals surface area (Å²) < 4.78 is 54.4. The molecule has 3 atom stereocenters. The number of hydrogen-bond acceptors (Lipinski definition) is 8. The molecular formula is C36H30F3N7O. The molecule has 0 saturated carbocycles. The minimum atomic E-state index is -0.954. The predicted octanol–water partition coefficient (Wildman–Crippen LogP) is 5.21. The van der Waals surface area contributed by atoms with E-state index in [9.17, 15) is 9.65 Å². The zero-order valence-corrected chi connectivity index (χ0v) is 25.4. The summed E-state index contributed by atoms with van der Waals surface area (Å²) in [4.78, 5) is 13.6. The highest BCUT2D eigenvalue weighted by atomic mass is 19.1. The van der Waals surface area contributed by atoms with Crippen LogP contribution >= 0.6 is 0 Å². The van der Waals surface area contributed by atoms with Crippen LogP contribution in [0.5, 0.6) is 6.01 Å². The molecule has 3 N–H and O–H groups in total. The van der Waals surface area contributed by atoms with Crippen molar-refractivity contribution in [3.63, 3.8) is 0 Å². The number of anilines is 2. The number of rotatable bonds is 5. The lowest BCUT2D eigenvalue weighted by atomic mass is 9.92. The highest BCUT2D eigenvalue weighted by Gasteiger charge is 2.47. The molecule has 3 fully saturated rings. The summed E-state index contributed by atoms with van der Waals surface area (Å²) in [5, 5.41) is 13.5. The summed E-state index contributed by atoms with van der Waals surface area (Å²) in [6.07, 6.45) is 14.0. The van der Waals surface area contributed by atoms with E-state index >= 15 is 8.78 Å². The van der Waals surface area contributed by atoms with Gasteiger partial charge in [0.25, 0.3) is 0 Å². The van der Waals surface area contributed by atoms with Gasteiger partial charge < -0.3 is 20.7 Å². The van der Waals surface area contributed by atoms with Crippen LogP contribution in [0.2, 0.25) is 0 Å². The van der Waals surface area contributed by atoms with Crippen molar-refractivity contribution in [2.75, 3.05) is 43.4 Å². The van der Waals surface area contributed by atoms with Crippen molar-refractivity contribution in [3.05, 3.63) is 77.1 Å². The average molecular weight is 634 g/mol. The summed E-state index contributed by atoms with van der Waals surface area (Å²) in [5.41, 5.74) is 6.49. The number of nitriles is 1. The molecule has 4 aliphatic rings. The number of nitrogens with zero attached hydrogens (tertiary/aromatic N) is 5. The number of terminal acetylenes is 1. The summed E-state index contributed by atoms with van der Waals surface area (Å²) >= 11 is 0. The van der Waals surface area contributed by atoms with Gasteiger partial charge in [-0.05, 0) is 66.6 Å². The fraction of sp³-hybridized carbons (Fsp3) is 0.306. The van der Waals surface area contributed by atoms with E-state index in [0.717, 1.165) is 25.0 Å². The third-order valence-electron chi connectivity index (χ3n) is 9.91. The maximum atomic E-state index is 16.9. The average Bonchev–Trinajstić information content (AvgIpc) is 3.71. The van der Waals surface area contributed by atoms with Gasteiger partial charge in [-0.1, -0.05) is 24.1 Å². The Labute approximate surface area is 269 Å². The van der Waals surface area contributed by atoms with E-state index in [2.05, 4.69) is 39.3 Å². The van der Waals surface area contributed by atoms with Crippen molar-refractivity contribution in [3.8, 4) is 35.6 Å². The third-order valence-corrected chi connectivity index (χ3v) is 9.91. The van der Waals surface area contributed by atoms with E-state index in [0.29, 0.717) is 37.3 Å². The number of ether oxygens (including phenoxy) is 1. The highest BCUT2D eigenvalue weighted by molar-refractivity contribution is 6.05. The smallest absolute Gasteiger partial charge is 0.319 e. The quantitative estimate of drug-likeness (QED) is 0.134. The molecule has 0 aliphatic carbocycles. The second kappa shape index (κ2) is 11.0. The first-order valence-corrected chi connectivity index (χ1v) is 15.6. The summed E-state index contributed by atoms with van der Waals surface area (Å²) in [6.45, 7) is 2.90. The van der Waals surface area contributed by atoms with Crippen molar-refractivity contribution < 1.29 is 17.9 Å². The number of allylic oxidation sites excluding steroid dienone is 1. The fourth-order valence-electron chi connectivity index (χ4n) is 7.88. The van der Waals surface area contributed by atoms with Crippen LogP contribution in [-0.2, 0) is 0 Å². The van der Waals surface area contributed by atoms with E-state index in [1.54, 1.807) is 12.1 Å². The van der Waals surface area contributed by atoms with Crippen LogP contribution in [0.15, 0.2) is 54.1 Å². The van der Waals surface area contributed by atoms with Gasteiger partial charge >= 0.3 is 6.01 Å². The molecule has 8 rings (SSSR count). The minimum Gasteiger partial charge on any atom is -0.461 e. The molecule has 5 heterocycles. The van der Waals surface area contributed by atoms with Gasteiger partial charge in [0.2, 0.25) is 0 Å². The number of fused-ring (bicyclic) bond motifs is 5. The molecule has 0 spiro atoms. The van der Waals surface area contributed by atoms with Crippen molar-refractivity contribution in [2.45, 2.75) is 36.9 Å². The van der Waals surface area contributed by atoms with Crippen LogP contribution in [0.4, 0.5) is 24.7 Å². The van der Waals surface area contributed by atoms with Gasteiger partial charge in [0.05, 0.1) is 22.7 Å². The number of halogens is 3. The highest BCUT2D eigenvalue weighted by Crippen LogP contribution is 2.43. The standard InChI is InChI=1S/C36H30F3N7O/c1-2-25-28(37)7-4-21-12-22(41)13-26(30(21)25)31-29(38)14-27-33(32(31)39)43-35(44-34(27)45-17-23-5-6-24(18-45)42-23)47-19-36-9-3-11-46(36)16-20(15-36)8-10-40/h1,4-8,12-14,23-24,42H,3,9,11,15-19,41H2/b20-8-. The van der Waals surface area contributed by atoms with Gasteiger partial charge in [0.15, 0.2) is 5.82 Å². The van der Waals surface area contributed by atoms with Crippen LogP contribution in [0.1, 0.15) is 24.8 Å². The van der Waals surface area contributed by atoms with Crippen LogP contribution in [0.3, 0.4) is 0 Å². The molecule has 3 aromatic carbocycles. The van der Waals surface area contributed by atoms with Crippen molar-refractivity contribution >= 4 is 33.2 Å². The monoisotopic (exact) mass is 633 g/mol. The number of piperazine rings is 1. The third kappa shape index (κ3) is 4.77. The lowest BCUT2D eigenvalue weighted by Crippen LogP contribution is -2.52. The topological polar surface area (TPSA) is 103 Å². The molecule has 0 radical (unpaired) electrons. The number of hydrogen-bond donors (Lipinski definition) is 2. The first-order chi connectivity index (χ1) is 22.8. The van der Waals surface area contributed by atoms with E-state index < -0.39 is 23.0 Å². The van der Waals surface area contributed by atoms with Gasteiger partial charge in [0.1, 0.15) is 29.6 Å². The van der Waals surface area contributed by atoms with E-state index in [-0.39, 0.29) is 63.3 Å². The Kier molecular flexibility index (Phi) is 6.87. The van der Waals surface area contributed by atoms with E-state index in [1.165, 1.54) is 24.3 Å². The Morgan fingerprint density at radius 3 is 2.70 bits per heavy atom. The molecule has 3 saturated heterocycles. The Morgan fingerprint density at radius 1 is 1.13 bits per heavy atom. The molecule has 8 nitrogen and oxygen atoms in total. The molecular weight excluding hydrogens is 603 g/mol. The van der Waals surface area contributed by atoms with Crippen LogP contribution < -0.4 is 20.7 Å². The first kappa shape index (κ1) is 29.3. The SMILES string of the molecule is C#Cc1c(F)ccc2cc(N)cc(-c3c(F)cc4c(N5CC6C=CC(C5)N6)nc(OCC56CCCN5C/C(=C\C#N)C6)nc4c3F)c12. The number of nitrogen functional groups attached to an aromatic ring is 1. The molecule has 47 heavy (non-hydrogen) atoms. The summed E-state index contributed by atoms with van der Waals surface area (Å²) in [5.74, 6) is 0.180. The van der Waals surface area contributed by atoms with Gasteiger partial charge in [-0.15, -0.1) is 6.42 Å². The normalized spacial score (nSPS) is 24.3. The van der Waals surface area contributed by atoms with Gasteiger partial charge in [0, 0.05) is 54.3 Å². The zero-order chi connectivity index (χ0) is 32.4. The molecule has 4 aromatic rings. The molecule has 2 bridgehead atoms. The minimum absolute atomic E-state index is 0.0275. The summed E-state index contributed by atoms with van der Waals surface area (Å²) in [7, 11) is 0. The molecule has 3 unspecified atom stereocenters. The van der Waals surface area contributed by atoms with E-state index in [1.807, 2.05) is 4.90 Å². The van der Waals surface area contributed by atoms with Gasteiger partial charge in [-0.25, -0.2) is 13.2 Å². The molecule has 11 heteroatoms. The molecule has 236 valence electrons. The Hall–Kier alpha value is -5.10. The lowest BCUT2D eigenvalue weighted by Gasteiger charge is -2.35. The van der Waals surface area contributed by atoms with Crippen LogP contribution in [0, 0.1) is 41.1 Å². The Balaban J connectivity index is 1.29. The zero-order valence-electron chi connectivity index (χ0n) is 25.4. The maximum Gasteiger partial charge on any atom is 0.319 e. The second-order valence-electron chi connectivity index (χ2n) is 12.8. The molecule has 1 aromatic heterocycles. The predicted molar refractivity (Wildman–Crippen MR) is 174 cm³/mol. The van der Waals surface area contributed by atoms with Crippen molar-refractivity contribution in [2.24, 2.45) is 0 Å². The fourth-order valence-corrected chi connectivity index (χ4v) is 7.88. The number of benzene rings is 3. The number of aromatic nitrogens is 2. The van der Waals surface area contributed by atoms with Gasteiger partial charge in [-0.3, -0.25) is 4.90 Å². The lowest BCUT2D eigenvalue weighted by molar-refractivity contribution is 0.108. The Morgan fingerprint density at radius 2 is 1.94 bits per heavy atom. The van der Waals surface area contributed by atoms with Crippen LogP contribution in [0.25, 0.3) is 32.8 Å². The van der Waals surface area contributed by atoms with Crippen molar-refractivity contribution in [1.82, 2.24) is 20.2 Å². The molecule has 0 amide bonds. The van der Waals surface area contributed by atoms with Gasteiger partial charge in [-0.2, -0.15) is 15.2 Å². The van der Waals surface area contributed by atoms with Crippen molar-refractivity contribution in [1.29, 1.82) is 5.26 Å². The number of nitrogens with one attached hydrogen (secondary N) is 1. The molecule has 4 aliphatic heterocycles. The largest absolute Gasteiger partial charge is 0.461 e. The Bertz CT molecular complexity index is 2120. The summed E-state index contributed by atoms with van der Waals surface area (Å²) in [6, 6.07) is 9.12.